The number of halogens is 1. The summed E-state index contributed by atoms with van der Waals surface area (Å²) in [7, 11) is 0. The lowest BCUT2D eigenvalue weighted by atomic mass is 10.2. The van der Waals surface area contributed by atoms with E-state index in [-0.39, 0.29) is 11.5 Å². The highest BCUT2D eigenvalue weighted by Gasteiger charge is 2.23. The first-order valence-electron chi connectivity index (χ1n) is 7.65. The monoisotopic (exact) mass is 359 g/mol. The predicted octanol–water partition coefficient (Wildman–Crippen LogP) is 3.62. The molecule has 2 aromatic heterocycles. The third-order valence-electron chi connectivity index (χ3n) is 4.24. The zero-order chi connectivity index (χ0) is 16.8. The van der Waals surface area contributed by atoms with E-state index in [9.17, 15) is 9.59 Å². The van der Waals surface area contributed by atoms with Crippen LogP contribution in [0.15, 0.2) is 29.1 Å². The van der Waals surface area contributed by atoms with Crippen molar-refractivity contribution < 1.29 is 4.79 Å². The summed E-state index contributed by atoms with van der Waals surface area (Å²) in [5.41, 5.74) is 1.19. The highest BCUT2D eigenvalue weighted by atomic mass is 35.5. The molecule has 24 heavy (non-hydrogen) atoms. The van der Waals surface area contributed by atoms with Crippen LogP contribution in [0.2, 0.25) is 5.02 Å². The molecule has 1 amide bonds. The topological polar surface area (TPSA) is 64.0 Å². The Balaban J connectivity index is 1.79. The van der Waals surface area contributed by atoms with E-state index in [0.717, 1.165) is 18.7 Å². The van der Waals surface area contributed by atoms with Crippen molar-refractivity contribution in [1.29, 1.82) is 0 Å². The van der Waals surface area contributed by atoms with Crippen molar-refractivity contribution in [2.24, 2.45) is 0 Å². The van der Waals surface area contributed by atoms with Gasteiger partial charge in [0.25, 0.3) is 11.5 Å². The van der Waals surface area contributed by atoms with Crippen molar-refractivity contribution in [3.05, 3.63) is 55.9 Å². The van der Waals surface area contributed by atoms with Crippen molar-refractivity contribution in [3.8, 4) is 0 Å². The number of carbonyl (C=O) groups is 1. The van der Waals surface area contributed by atoms with Gasteiger partial charge in [-0.1, -0.05) is 23.7 Å². The van der Waals surface area contributed by atoms with Crippen LogP contribution in [0.4, 0.5) is 5.69 Å². The molecule has 3 aromatic rings. The van der Waals surface area contributed by atoms with Crippen molar-refractivity contribution in [1.82, 2.24) is 9.55 Å². The van der Waals surface area contributed by atoms with Gasteiger partial charge in [-0.2, -0.15) is 0 Å². The molecule has 0 bridgehead atoms. The van der Waals surface area contributed by atoms with E-state index in [0.29, 0.717) is 37.9 Å². The first-order valence-corrected chi connectivity index (χ1v) is 8.84. The van der Waals surface area contributed by atoms with Crippen LogP contribution in [0.3, 0.4) is 0 Å². The smallest absolute Gasteiger partial charge is 0.266 e. The van der Waals surface area contributed by atoms with Gasteiger partial charge in [0.1, 0.15) is 10.7 Å². The Hall–Kier alpha value is -2.18. The summed E-state index contributed by atoms with van der Waals surface area (Å²) in [5.74, 6) is 0.542. The van der Waals surface area contributed by atoms with Crippen LogP contribution in [-0.4, -0.2) is 15.5 Å². The third-order valence-corrected chi connectivity index (χ3v) is 5.75. The molecule has 0 unspecified atom stereocenters. The molecule has 0 saturated carbocycles. The van der Waals surface area contributed by atoms with Gasteiger partial charge in [0.05, 0.1) is 21.0 Å². The standard InChI is InChI=1S/C17H14ClN3O2S/c1-9-13-16(20-12-7-4-8-21(12)17(13)23)24-14(9)15(22)19-11-6-3-2-5-10(11)18/h2-3,5-6H,4,7-8H2,1H3,(H,19,22). The van der Waals surface area contributed by atoms with Crippen LogP contribution in [0.5, 0.6) is 0 Å². The number of carbonyl (C=O) groups excluding carboxylic acids is 1. The van der Waals surface area contributed by atoms with Gasteiger partial charge in [0.15, 0.2) is 0 Å². The molecule has 1 aromatic carbocycles. The molecule has 1 aliphatic heterocycles. The largest absolute Gasteiger partial charge is 0.320 e. The van der Waals surface area contributed by atoms with E-state index < -0.39 is 0 Å². The van der Waals surface area contributed by atoms with Crippen LogP contribution >= 0.6 is 22.9 Å². The van der Waals surface area contributed by atoms with Crippen LogP contribution in [0, 0.1) is 6.92 Å². The fourth-order valence-electron chi connectivity index (χ4n) is 3.03. The molecule has 4 rings (SSSR count). The average Bonchev–Trinajstić information content (AvgIpc) is 3.15. The van der Waals surface area contributed by atoms with E-state index in [4.69, 9.17) is 11.6 Å². The van der Waals surface area contributed by atoms with Gasteiger partial charge in [0.2, 0.25) is 0 Å². The van der Waals surface area contributed by atoms with Crippen molar-refractivity contribution >= 4 is 44.7 Å². The Morgan fingerprint density at radius 2 is 2.17 bits per heavy atom. The molecule has 0 atom stereocenters. The minimum absolute atomic E-state index is 0.0435. The van der Waals surface area contributed by atoms with Gasteiger partial charge in [-0.15, -0.1) is 11.3 Å². The molecule has 0 fully saturated rings. The SMILES string of the molecule is Cc1c(C(=O)Nc2ccccc2Cl)sc2nc3n(c(=O)c12)CCC3. The van der Waals surface area contributed by atoms with Gasteiger partial charge < -0.3 is 5.32 Å². The lowest BCUT2D eigenvalue weighted by Crippen LogP contribution is -2.20. The number of amides is 1. The van der Waals surface area contributed by atoms with E-state index in [2.05, 4.69) is 10.3 Å². The third kappa shape index (κ3) is 2.34. The number of benzene rings is 1. The Morgan fingerprint density at radius 1 is 1.38 bits per heavy atom. The minimum atomic E-state index is -0.270. The van der Waals surface area contributed by atoms with Crippen LogP contribution in [-0.2, 0) is 13.0 Å². The number of hydrogen-bond acceptors (Lipinski definition) is 4. The summed E-state index contributed by atoms with van der Waals surface area (Å²) in [5, 5.41) is 3.83. The number of nitrogens with zero attached hydrogens (tertiary/aromatic N) is 2. The van der Waals surface area contributed by atoms with E-state index >= 15 is 0 Å². The maximum Gasteiger partial charge on any atom is 0.266 e. The van der Waals surface area contributed by atoms with Crippen LogP contribution in [0.1, 0.15) is 27.5 Å². The number of anilines is 1. The Morgan fingerprint density at radius 3 is 2.96 bits per heavy atom. The second kappa shape index (κ2) is 5.72. The second-order valence-corrected chi connectivity index (χ2v) is 7.16. The molecule has 1 aliphatic rings. The Labute approximate surface area is 146 Å². The van der Waals surface area contributed by atoms with E-state index in [1.165, 1.54) is 11.3 Å². The summed E-state index contributed by atoms with van der Waals surface area (Å²) in [6, 6.07) is 7.06. The first kappa shape index (κ1) is 15.4. The number of thiophene rings is 1. The molecular weight excluding hydrogens is 346 g/mol. The molecule has 5 nitrogen and oxygen atoms in total. The van der Waals surface area contributed by atoms with Crippen molar-refractivity contribution in [2.45, 2.75) is 26.3 Å². The molecule has 0 aliphatic carbocycles. The quantitative estimate of drug-likeness (QED) is 0.760. The molecule has 122 valence electrons. The predicted molar refractivity (Wildman–Crippen MR) is 96.3 cm³/mol. The molecule has 1 N–H and O–H groups in total. The molecule has 0 saturated heterocycles. The maximum absolute atomic E-state index is 12.7. The normalized spacial score (nSPS) is 13.2. The Bertz CT molecular complexity index is 1040. The lowest BCUT2D eigenvalue weighted by molar-refractivity contribution is 0.103. The second-order valence-electron chi connectivity index (χ2n) is 5.76. The number of aryl methyl sites for hydroxylation is 2. The summed E-state index contributed by atoms with van der Waals surface area (Å²) in [4.78, 5) is 31.0. The van der Waals surface area contributed by atoms with E-state index in [1.54, 1.807) is 35.8 Å². The maximum atomic E-state index is 12.7. The fraction of sp³-hybridized carbons (Fsp3) is 0.235. The number of hydrogen-bond donors (Lipinski definition) is 1. The van der Waals surface area contributed by atoms with Gasteiger partial charge in [-0.05, 0) is 31.0 Å². The summed E-state index contributed by atoms with van der Waals surface area (Å²) in [6.45, 7) is 2.50. The zero-order valence-corrected chi connectivity index (χ0v) is 14.5. The van der Waals surface area contributed by atoms with Crippen molar-refractivity contribution in [3.63, 3.8) is 0 Å². The molecule has 3 heterocycles. The van der Waals surface area contributed by atoms with Crippen molar-refractivity contribution in [2.75, 3.05) is 5.32 Å². The zero-order valence-electron chi connectivity index (χ0n) is 12.9. The summed E-state index contributed by atoms with van der Waals surface area (Å²) >= 11 is 7.35. The molecule has 7 heteroatoms. The number of aromatic nitrogens is 2. The van der Waals surface area contributed by atoms with Crippen LogP contribution < -0.4 is 10.9 Å². The van der Waals surface area contributed by atoms with Crippen LogP contribution in [0.25, 0.3) is 10.2 Å². The summed E-state index contributed by atoms with van der Waals surface area (Å²) < 4.78 is 1.72. The van der Waals surface area contributed by atoms with E-state index in [1.807, 2.05) is 0 Å². The van der Waals surface area contributed by atoms with Gasteiger partial charge >= 0.3 is 0 Å². The number of nitrogens with one attached hydrogen (secondary N) is 1. The number of para-hydroxylation sites is 1. The molecular formula is C17H14ClN3O2S. The minimum Gasteiger partial charge on any atom is -0.320 e. The molecule has 0 spiro atoms. The Kier molecular flexibility index (Phi) is 3.66. The highest BCUT2D eigenvalue weighted by Crippen LogP contribution is 2.30. The fourth-order valence-corrected chi connectivity index (χ4v) is 4.30. The number of rotatable bonds is 2. The van der Waals surface area contributed by atoms with Gasteiger partial charge in [-0.3, -0.25) is 14.2 Å². The average molecular weight is 360 g/mol. The summed E-state index contributed by atoms with van der Waals surface area (Å²) in [6.07, 6.45) is 1.75. The number of fused-ring (bicyclic) bond motifs is 2. The first-order chi connectivity index (χ1) is 11.6. The van der Waals surface area contributed by atoms with Gasteiger partial charge in [-0.25, -0.2) is 4.98 Å². The highest BCUT2D eigenvalue weighted by molar-refractivity contribution is 7.20. The molecule has 0 radical (unpaired) electrons. The van der Waals surface area contributed by atoms with Gasteiger partial charge in [0, 0.05) is 13.0 Å². The lowest BCUT2D eigenvalue weighted by Gasteiger charge is -2.06.